The van der Waals surface area contributed by atoms with Crippen molar-refractivity contribution in [1.82, 2.24) is 23.2 Å². The number of carbonyl (C=O) groups is 2. The normalized spacial score (nSPS) is 18.6. The highest BCUT2D eigenvalue weighted by Gasteiger charge is 2.34. The monoisotopic (exact) mass is 561 g/mol. The van der Waals surface area contributed by atoms with Crippen molar-refractivity contribution in [2.45, 2.75) is 32.2 Å². The highest BCUT2D eigenvalue weighted by molar-refractivity contribution is 14.1. The van der Waals surface area contributed by atoms with Gasteiger partial charge in [0.25, 0.3) is 0 Å². The first kappa shape index (κ1) is 23.4. The number of aromatic nitrogens is 3. The standard InChI is InChI=1S/C23H28IN7O2/c1-14-3-8-19(16-6-4-15(5-7-16)9-10-30(2)24)31(13-14)23(33)22(32)28-18-12-26-21(25)17-11-27-29-20(17)18/h4-7,11-12,14,19H,3,8-10,13H2,1-2H3,(H2,25,26)(H,27,29)(H,28,32)/t14-,19+/m0/s1. The summed E-state index contributed by atoms with van der Waals surface area (Å²) in [5.74, 6) is -0.611. The molecular formula is C23H28IN7O2. The van der Waals surface area contributed by atoms with Crippen molar-refractivity contribution in [2.24, 2.45) is 5.92 Å². The van der Waals surface area contributed by atoms with Crippen LogP contribution in [0.5, 0.6) is 0 Å². The number of nitrogen functional groups attached to an aromatic ring is 1. The second-order valence-corrected chi connectivity index (χ2v) is 10.3. The molecule has 0 radical (unpaired) electrons. The largest absolute Gasteiger partial charge is 0.383 e. The van der Waals surface area contributed by atoms with E-state index in [9.17, 15) is 9.59 Å². The predicted molar refractivity (Wildman–Crippen MR) is 137 cm³/mol. The van der Waals surface area contributed by atoms with Gasteiger partial charge in [0.2, 0.25) is 0 Å². The maximum absolute atomic E-state index is 13.3. The third-order valence-corrected chi connectivity index (χ3v) is 6.59. The Morgan fingerprint density at radius 3 is 2.76 bits per heavy atom. The third-order valence-electron chi connectivity index (χ3n) is 6.11. The minimum Gasteiger partial charge on any atom is -0.383 e. The van der Waals surface area contributed by atoms with Crippen molar-refractivity contribution >= 4 is 57.1 Å². The lowest BCUT2D eigenvalue weighted by Crippen LogP contribution is -2.46. The van der Waals surface area contributed by atoms with E-state index in [0.717, 1.165) is 31.4 Å². The van der Waals surface area contributed by atoms with Gasteiger partial charge in [-0.3, -0.25) is 17.8 Å². The molecule has 0 aliphatic carbocycles. The van der Waals surface area contributed by atoms with E-state index in [2.05, 4.69) is 77.7 Å². The molecule has 0 bridgehead atoms. The summed E-state index contributed by atoms with van der Waals surface area (Å²) in [6, 6.07) is 8.27. The van der Waals surface area contributed by atoms with Gasteiger partial charge in [-0.1, -0.05) is 31.2 Å². The zero-order valence-corrected chi connectivity index (χ0v) is 20.9. The Kier molecular flexibility index (Phi) is 7.13. The van der Waals surface area contributed by atoms with Gasteiger partial charge in [0.15, 0.2) is 0 Å². The van der Waals surface area contributed by atoms with E-state index in [0.29, 0.717) is 34.9 Å². The fourth-order valence-electron chi connectivity index (χ4n) is 4.27. The van der Waals surface area contributed by atoms with E-state index in [4.69, 9.17) is 5.73 Å². The molecule has 2 atom stereocenters. The number of piperidine rings is 1. The van der Waals surface area contributed by atoms with Crippen molar-refractivity contribution in [3.8, 4) is 0 Å². The number of aromatic amines is 1. The molecule has 4 N–H and O–H groups in total. The first-order chi connectivity index (χ1) is 15.8. The fraction of sp³-hybridized carbons (Fsp3) is 0.391. The number of benzene rings is 1. The summed E-state index contributed by atoms with van der Waals surface area (Å²) in [5, 5.41) is 10.1. The summed E-state index contributed by atoms with van der Waals surface area (Å²) >= 11 is 2.28. The molecule has 3 heterocycles. The number of hydrogen-bond acceptors (Lipinski definition) is 6. The number of amides is 2. The Labute approximate surface area is 206 Å². The number of nitrogens with zero attached hydrogens (tertiary/aromatic N) is 4. The van der Waals surface area contributed by atoms with Crippen LogP contribution in [0.15, 0.2) is 36.7 Å². The zero-order valence-electron chi connectivity index (χ0n) is 18.7. The Hall–Kier alpha value is -2.73. The molecule has 1 saturated heterocycles. The van der Waals surface area contributed by atoms with Crippen LogP contribution < -0.4 is 11.1 Å². The number of carbonyl (C=O) groups excluding carboxylic acids is 2. The Balaban J connectivity index is 1.51. The number of anilines is 2. The average Bonchev–Trinajstić information content (AvgIpc) is 3.30. The van der Waals surface area contributed by atoms with Crippen molar-refractivity contribution in [2.75, 3.05) is 31.2 Å². The van der Waals surface area contributed by atoms with Crippen molar-refractivity contribution in [1.29, 1.82) is 0 Å². The van der Waals surface area contributed by atoms with Crippen LogP contribution in [-0.4, -0.2) is 55.1 Å². The number of H-pyrrole nitrogens is 1. The highest BCUT2D eigenvalue weighted by atomic mass is 127. The van der Waals surface area contributed by atoms with E-state index in [1.165, 1.54) is 11.8 Å². The van der Waals surface area contributed by atoms with Crippen LogP contribution in [0, 0.1) is 5.92 Å². The summed E-state index contributed by atoms with van der Waals surface area (Å²) in [4.78, 5) is 32.0. The van der Waals surface area contributed by atoms with Crippen LogP contribution in [0.1, 0.15) is 36.9 Å². The predicted octanol–water partition coefficient (Wildman–Crippen LogP) is 3.30. The van der Waals surface area contributed by atoms with Crippen LogP contribution >= 0.6 is 22.9 Å². The maximum atomic E-state index is 13.3. The summed E-state index contributed by atoms with van der Waals surface area (Å²) < 4.78 is 2.13. The molecule has 9 nitrogen and oxygen atoms in total. The molecule has 1 aromatic carbocycles. The van der Waals surface area contributed by atoms with Gasteiger partial charge in [-0.25, -0.2) is 4.98 Å². The van der Waals surface area contributed by atoms with Crippen LogP contribution in [-0.2, 0) is 16.0 Å². The lowest BCUT2D eigenvalue weighted by molar-refractivity contribution is -0.146. The quantitative estimate of drug-likeness (QED) is 0.250. The maximum Gasteiger partial charge on any atom is 0.314 e. The van der Waals surface area contributed by atoms with E-state index < -0.39 is 11.8 Å². The molecule has 1 aliphatic rings. The highest BCUT2D eigenvalue weighted by Crippen LogP contribution is 2.34. The second-order valence-electron chi connectivity index (χ2n) is 8.65. The first-order valence-corrected chi connectivity index (χ1v) is 11.9. The molecular weight excluding hydrogens is 533 g/mol. The van der Waals surface area contributed by atoms with Crippen LogP contribution in [0.3, 0.4) is 0 Å². The van der Waals surface area contributed by atoms with E-state index >= 15 is 0 Å². The minimum atomic E-state index is -0.696. The average molecular weight is 561 g/mol. The molecule has 0 unspecified atom stereocenters. The van der Waals surface area contributed by atoms with Gasteiger partial charge in [0.1, 0.15) is 5.82 Å². The SMILES string of the molecule is C[C@H]1CC[C@H](c2ccc(CCN(C)I)cc2)N(C(=O)C(=O)Nc2cnc(N)c3cn[nH]c23)C1. The van der Waals surface area contributed by atoms with E-state index in [-0.39, 0.29) is 6.04 Å². The van der Waals surface area contributed by atoms with E-state index in [1.807, 2.05) is 7.05 Å². The smallest absolute Gasteiger partial charge is 0.314 e. The van der Waals surface area contributed by atoms with Gasteiger partial charge in [-0.15, -0.1) is 0 Å². The lowest BCUT2D eigenvalue weighted by atomic mass is 9.89. The molecule has 174 valence electrons. The molecule has 4 rings (SSSR count). The molecule has 2 aromatic heterocycles. The van der Waals surface area contributed by atoms with Crippen molar-refractivity contribution in [3.05, 3.63) is 47.8 Å². The number of nitrogens with one attached hydrogen (secondary N) is 2. The number of pyridine rings is 1. The number of fused-ring (bicyclic) bond motifs is 1. The molecule has 2 amide bonds. The molecule has 3 aromatic rings. The Morgan fingerprint density at radius 1 is 1.27 bits per heavy atom. The molecule has 10 heteroatoms. The van der Waals surface area contributed by atoms with Crippen molar-refractivity contribution in [3.63, 3.8) is 0 Å². The number of rotatable bonds is 5. The fourth-order valence-corrected chi connectivity index (χ4v) is 4.51. The number of nitrogens with two attached hydrogens (primary N) is 1. The first-order valence-electron chi connectivity index (χ1n) is 11.0. The van der Waals surface area contributed by atoms with Crippen LogP contribution in [0.2, 0.25) is 0 Å². The van der Waals surface area contributed by atoms with Crippen LogP contribution in [0.4, 0.5) is 11.5 Å². The van der Waals surface area contributed by atoms with Crippen molar-refractivity contribution < 1.29 is 9.59 Å². The Morgan fingerprint density at radius 2 is 2.03 bits per heavy atom. The molecule has 0 spiro atoms. The zero-order chi connectivity index (χ0) is 23.5. The molecule has 1 aliphatic heterocycles. The molecule has 1 fully saturated rings. The van der Waals surface area contributed by atoms with Gasteiger partial charge in [-0.2, -0.15) is 5.10 Å². The Bertz CT molecular complexity index is 1150. The summed E-state index contributed by atoms with van der Waals surface area (Å²) in [6.45, 7) is 3.61. The number of hydrogen-bond donors (Lipinski definition) is 3. The second kappa shape index (κ2) is 10.0. The van der Waals surface area contributed by atoms with Gasteiger partial charge in [0.05, 0.1) is 35.0 Å². The number of halogens is 1. The minimum absolute atomic E-state index is 0.127. The summed E-state index contributed by atoms with van der Waals surface area (Å²) in [6.07, 6.45) is 5.77. The lowest BCUT2D eigenvalue weighted by Gasteiger charge is -2.38. The van der Waals surface area contributed by atoms with E-state index in [1.54, 1.807) is 11.1 Å². The van der Waals surface area contributed by atoms with Gasteiger partial charge in [-0.05, 0) is 43.4 Å². The number of likely N-dealkylation sites (tertiary alicyclic amines) is 1. The van der Waals surface area contributed by atoms with Gasteiger partial charge in [0, 0.05) is 36.0 Å². The third kappa shape index (κ3) is 5.27. The van der Waals surface area contributed by atoms with Crippen LogP contribution in [0.25, 0.3) is 10.9 Å². The molecule has 33 heavy (non-hydrogen) atoms. The number of likely N-dealkylation sites (N-methyl/N-ethyl adjacent to an activating group) is 1. The summed E-state index contributed by atoms with van der Waals surface area (Å²) in [7, 11) is 2.05. The topological polar surface area (TPSA) is 120 Å². The van der Waals surface area contributed by atoms with Gasteiger partial charge < -0.3 is 16.0 Å². The summed E-state index contributed by atoms with van der Waals surface area (Å²) in [5.41, 5.74) is 9.08. The molecule has 0 saturated carbocycles. The van der Waals surface area contributed by atoms with Gasteiger partial charge >= 0.3 is 11.8 Å².